The van der Waals surface area contributed by atoms with Crippen LogP contribution in [0.25, 0.3) is 21.8 Å². The Bertz CT molecular complexity index is 1600. The summed E-state index contributed by atoms with van der Waals surface area (Å²) in [7, 11) is 0. The number of rotatable bonds is 10. The number of pyridine rings is 2. The minimum atomic E-state index is -0.385. The zero-order chi connectivity index (χ0) is 29.6. The van der Waals surface area contributed by atoms with Gasteiger partial charge in [-0.05, 0) is 48.2 Å². The Labute approximate surface area is 250 Å². The number of amides is 2. The molecule has 0 spiro atoms. The Hall–Kier alpha value is -5.02. The highest BCUT2D eigenvalue weighted by Gasteiger charge is 2.20. The second kappa shape index (κ2) is 13.8. The summed E-state index contributed by atoms with van der Waals surface area (Å²) in [6.45, 7) is 9.12. The smallest absolute Gasteiger partial charge is 0.274 e. The topological polar surface area (TPSA) is 134 Å². The van der Waals surface area contributed by atoms with E-state index in [1.54, 1.807) is 12.1 Å². The molecule has 3 aromatic carbocycles. The van der Waals surface area contributed by atoms with Crippen LogP contribution in [0.1, 0.15) is 48.7 Å². The number of hydrogen-bond acceptors (Lipinski definition) is 6. The normalized spacial score (nSPS) is 10.9. The van der Waals surface area contributed by atoms with E-state index in [0.717, 1.165) is 0 Å². The number of carbonyl (C=O) groups is 2. The van der Waals surface area contributed by atoms with Crippen LogP contribution >= 0.6 is 0 Å². The Morgan fingerprint density at radius 1 is 0.628 bits per heavy atom. The van der Waals surface area contributed by atoms with Crippen molar-refractivity contribution in [2.24, 2.45) is 11.8 Å². The maximum absolute atomic E-state index is 13.4. The van der Waals surface area contributed by atoms with E-state index in [1.807, 2.05) is 72.8 Å². The number of ether oxygens (including phenoxy) is 2. The largest absolute Gasteiger partial charge is 0.493 e. The lowest BCUT2D eigenvalue weighted by Gasteiger charge is -2.16. The third-order valence-electron chi connectivity index (χ3n) is 6.36. The van der Waals surface area contributed by atoms with Gasteiger partial charge in [0.2, 0.25) is 0 Å². The molecule has 2 heterocycles. The predicted molar refractivity (Wildman–Crippen MR) is 170 cm³/mol. The molecular weight excluding hydrogens is 544 g/mol. The van der Waals surface area contributed by atoms with Gasteiger partial charge in [-0.15, -0.1) is 0 Å². The average Bonchev–Trinajstić information content (AvgIpc) is 2.99. The Balaban J connectivity index is 0.00000423. The standard InChI is InChI=1S/C34H34N4O4.H2O/c1-21(2)19-41-29-17-27(33(39)35-23-11-7-5-8-12-23)37-31-25(29)15-16-26-30(42-20-22(3)4)18-28(38-32(26)31)34(40)36-24-13-9-6-10-14-24;/h5-18,21-22H,19-20H2,1-4H3,(H,35,39)(H,36,40);1H2. The summed E-state index contributed by atoms with van der Waals surface area (Å²) < 4.78 is 12.4. The van der Waals surface area contributed by atoms with Crippen molar-refractivity contribution in [3.63, 3.8) is 0 Å². The van der Waals surface area contributed by atoms with Gasteiger partial charge in [-0.3, -0.25) is 9.59 Å². The van der Waals surface area contributed by atoms with Crippen molar-refractivity contribution < 1.29 is 24.5 Å². The molecule has 0 aliphatic carbocycles. The third-order valence-corrected chi connectivity index (χ3v) is 6.36. The van der Waals surface area contributed by atoms with Crippen LogP contribution in [0, 0.1) is 11.8 Å². The molecule has 0 aliphatic heterocycles. The lowest BCUT2D eigenvalue weighted by Crippen LogP contribution is -2.16. The second-order valence-corrected chi connectivity index (χ2v) is 10.9. The molecule has 5 rings (SSSR count). The molecule has 43 heavy (non-hydrogen) atoms. The molecule has 0 bridgehead atoms. The Kier molecular flexibility index (Phi) is 9.90. The van der Waals surface area contributed by atoms with Crippen LogP contribution in [0.15, 0.2) is 84.9 Å². The number of fused-ring (bicyclic) bond motifs is 3. The quantitative estimate of drug-likeness (QED) is 0.180. The predicted octanol–water partition coefficient (Wildman–Crippen LogP) is 6.53. The molecule has 4 N–H and O–H groups in total. The van der Waals surface area contributed by atoms with Gasteiger partial charge in [0.25, 0.3) is 11.8 Å². The van der Waals surface area contributed by atoms with Crippen molar-refractivity contribution in [3.05, 3.63) is 96.3 Å². The van der Waals surface area contributed by atoms with E-state index >= 15 is 0 Å². The molecule has 2 amide bonds. The van der Waals surface area contributed by atoms with Gasteiger partial charge in [0.15, 0.2) is 0 Å². The minimum absolute atomic E-state index is 0. The van der Waals surface area contributed by atoms with E-state index in [-0.39, 0.29) is 40.5 Å². The van der Waals surface area contributed by atoms with Gasteiger partial charge in [0.05, 0.1) is 13.2 Å². The lowest BCUT2D eigenvalue weighted by molar-refractivity contribution is 0.101. The molecule has 0 saturated carbocycles. The lowest BCUT2D eigenvalue weighted by atomic mass is 10.1. The number of benzene rings is 3. The van der Waals surface area contributed by atoms with Crippen LogP contribution in [0.3, 0.4) is 0 Å². The number of anilines is 2. The van der Waals surface area contributed by atoms with Crippen molar-refractivity contribution in [3.8, 4) is 11.5 Å². The van der Waals surface area contributed by atoms with Crippen LogP contribution in [-0.2, 0) is 0 Å². The fraction of sp³-hybridized carbons (Fsp3) is 0.235. The molecule has 0 fully saturated rings. The molecule has 222 valence electrons. The Morgan fingerprint density at radius 2 is 1.00 bits per heavy atom. The van der Waals surface area contributed by atoms with Gasteiger partial charge >= 0.3 is 0 Å². The highest BCUT2D eigenvalue weighted by Crippen LogP contribution is 2.35. The first-order valence-corrected chi connectivity index (χ1v) is 14.1. The maximum Gasteiger partial charge on any atom is 0.274 e. The molecular formula is C34H36N4O5. The van der Waals surface area contributed by atoms with Crippen LogP contribution in [-0.4, -0.2) is 40.5 Å². The van der Waals surface area contributed by atoms with E-state index in [4.69, 9.17) is 19.4 Å². The first-order chi connectivity index (χ1) is 20.3. The monoisotopic (exact) mass is 580 g/mol. The summed E-state index contributed by atoms with van der Waals surface area (Å²) in [6, 6.07) is 25.5. The molecule has 9 heteroatoms. The van der Waals surface area contributed by atoms with Gasteiger partial charge in [0.1, 0.15) is 33.9 Å². The molecule has 9 nitrogen and oxygen atoms in total. The summed E-state index contributed by atoms with van der Waals surface area (Å²) in [5.41, 5.74) is 2.52. The van der Waals surface area contributed by atoms with Crippen molar-refractivity contribution >= 4 is 45.0 Å². The van der Waals surface area contributed by atoms with E-state index in [1.165, 1.54) is 0 Å². The van der Waals surface area contributed by atoms with Crippen LogP contribution in [0.4, 0.5) is 11.4 Å². The summed E-state index contributed by atoms with van der Waals surface area (Å²) in [5, 5.41) is 7.16. The van der Waals surface area contributed by atoms with Gasteiger partial charge in [0, 0.05) is 34.3 Å². The van der Waals surface area contributed by atoms with Crippen LogP contribution in [0.2, 0.25) is 0 Å². The number of para-hydroxylation sites is 2. The molecule has 0 radical (unpaired) electrons. The maximum atomic E-state index is 13.4. The average molecular weight is 581 g/mol. The van der Waals surface area contributed by atoms with Gasteiger partial charge in [-0.25, -0.2) is 9.97 Å². The SMILES string of the molecule is CC(C)COc1cc(C(=O)Nc2ccccc2)nc2c1ccc1c(OCC(C)C)cc(C(=O)Nc3ccccc3)nc12.O. The fourth-order valence-electron chi connectivity index (χ4n) is 4.33. The zero-order valence-electron chi connectivity index (χ0n) is 24.7. The molecule has 0 aliphatic rings. The number of nitrogens with zero attached hydrogens (tertiary/aromatic N) is 2. The first-order valence-electron chi connectivity index (χ1n) is 14.1. The Morgan fingerprint density at radius 3 is 1.35 bits per heavy atom. The van der Waals surface area contributed by atoms with E-state index in [2.05, 4.69) is 38.3 Å². The van der Waals surface area contributed by atoms with Crippen molar-refractivity contribution in [1.82, 2.24) is 9.97 Å². The van der Waals surface area contributed by atoms with Crippen LogP contribution in [0.5, 0.6) is 11.5 Å². The molecule has 0 unspecified atom stereocenters. The fourth-order valence-corrected chi connectivity index (χ4v) is 4.33. The molecule has 0 atom stereocenters. The summed E-state index contributed by atoms with van der Waals surface area (Å²) in [4.78, 5) is 36.3. The van der Waals surface area contributed by atoms with E-state index in [9.17, 15) is 9.59 Å². The number of hydrogen-bond donors (Lipinski definition) is 2. The summed E-state index contributed by atoms with van der Waals surface area (Å²) in [6.07, 6.45) is 0. The number of nitrogens with one attached hydrogen (secondary N) is 2. The zero-order valence-corrected chi connectivity index (χ0v) is 24.7. The molecule has 0 saturated heterocycles. The number of aromatic nitrogens is 2. The van der Waals surface area contributed by atoms with Crippen molar-refractivity contribution in [2.75, 3.05) is 23.8 Å². The molecule has 2 aromatic heterocycles. The van der Waals surface area contributed by atoms with E-state index < -0.39 is 0 Å². The van der Waals surface area contributed by atoms with Crippen molar-refractivity contribution in [1.29, 1.82) is 0 Å². The van der Waals surface area contributed by atoms with Crippen molar-refractivity contribution in [2.45, 2.75) is 27.7 Å². The first kappa shape index (κ1) is 30.9. The van der Waals surface area contributed by atoms with Gasteiger partial charge in [-0.1, -0.05) is 64.1 Å². The van der Waals surface area contributed by atoms with E-state index in [0.29, 0.717) is 57.9 Å². The third kappa shape index (κ3) is 7.44. The second-order valence-electron chi connectivity index (χ2n) is 10.9. The highest BCUT2D eigenvalue weighted by atomic mass is 16.5. The van der Waals surface area contributed by atoms with Gasteiger partial charge < -0.3 is 25.6 Å². The highest BCUT2D eigenvalue weighted by molar-refractivity contribution is 6.12. The molecule has 5 aromatic rings. The van der Waals surface area contributed by atoms with Gasteiger partial charge in [-0.2, -0.15) is 0 Å². The number of carbonyl (C=O) groups excluding carboxylic acids is 2. The minimum Gasteiger partial charge on any atom is -0.493 e. The summed E-state index contributed by atoms with van der Waals surface area (Å²) in [5.74, 6) is 0.779. The summed E-state index contributed by atoms with van der Waals surface area (Å²) >= 11 is 0. The van der Waals surface area contributed by atoms with Crippen LogP contribution < -0.4 is 20.1 Å².